The molecule has 0 radical (unpaired) electrons. The Labute approximate surface area is 138 Å². The molecule has 0 N–H and O–H groups in total. The number of ether oxygens (including phenoxy) is 2. The van der Waals surface area contributed by atoms with E-state index in [0.717, 1.165) is 63.5 Å². The fourth-order valence-corrected chi connectivity index (χ4v) is 2.18. The summed E-state index contributed by atoms with van der Waals surface area (Å²) in [5, 5.41) is 0.969. The monoisotopic (exact) mass is 362 g/mol. The van der Waals surface area contributed by atoms with Crippen molar-refractivity contribution in [3.05, 3.63) is 12.2 Å². The van der Waals surface area contributed by atoms with Gasteiger partial charge in [-0.2, -0.15) is 0 Å². The minimum Gasteiger partial charge on any atom is -0.466 e. The van der Waals surface area contributed by atoms with E-state index >= 15 is 0 Å². The van der Waals surface area contributed by atoms with Crippen molar-refractivity contribution >= 4 is 21.9 Å². The Balaban J connectivity index is 3.14. The molecular formula is C17H31BrO3. The van der Waals surface area contributed by atoms with E-state index in [-0.39, 0.29) is 5.97 Å². The molecule has 0 fully saturated rings. The lowest BCUT2D eigenvalue weighted by molar-refractivity contribution is -0.143. The highest BCUT2D eigenvalue weighted by atomic mass is 79.9. The van der Waals surface area contributed by atoms with Gasteiger partial charge in [-0.25, -0.2) is 0 Å². The second-order valence-corrected chi connectivity index (χ2v) is 5.85. The number of esters is 1. The number of rotatable bonds is 15. The molecule has 0 rings (SSSR count). The highest BCUT2D eigenvalue weighted by molar-refractivity contribution is 9.09. The fourth-order valence-electron chi connectivity index (χ4n) is 1.78. The van der Waals surface area contributed by atoms with Crippen molar-refractivity contribution in [2.45, 2.75) is 64.7 Å². The van der Waals surface area contributed by atoms with Crippen molar-refractivity contribution in [2.24, 2.45) is 0 Å². The Bertz CT molecular complexity index is 254. The molecule has 4 heteroatoms. The third kappa shape index (κ3) is 17.6. The summed E-state index contributed by atoms with van der Waals surface area (Å²) < 4.78 is 10.7. The molecule has 0 aliphatic carbocycles. The van der Waals surface area contributed by atoms with Crippen molar-refractivity contribution in [1.82, 2.24) is 0 Å². The molecule has 0 heterocycles. The van der Waals surface area contributed by atoms with Gasteiger partial charge in [0.2, 0.25) is 0 Å². The molecule has 0 unspecified atom stereocenters. The Morgan fingerprint density at radius 1 is 0.952 bits per heavy atom. The summed E-state index contributed by atoms with van der Waals surface area (Å²) in [6, 6.07) is 0. The first-order valence-electron chi connectivity index (χ1n) is 8.25. The molecule has 0 aromatic heterocycles. The van der Waals surface area contributed by atoms with Gasteiger partial charge in [0.05, 0.1) is 6.61 Å². The summed E-state index contributed by atoms with van der Waals surface area (Å²) >= 11 is 3.35. The molecule has 0 atom stereocenters. The second-order valence-electron chi connectivity index (χ2n) is 5.06. The quantitative estimate of drug-likeness (QED) is 0.177. The van der Waals surface area contributed by atoms with Crippen LogP contribution in [0.2, 0.25) is 0 Å². The molecule has 0 aliphatic heterocycles. The van der Waals surface area contributed by atoms with Crippen molar-refractivity contribution in [3.8, 4) is 0 Å². The molecule has 0 spiro atoms. The number of halogens is 1. The number of hydrogen-bond acceptors (Lipinski definition) is 3. The van der Waals surface area contributed by atoms with Gasteiger partial charge >= 0.3 is 5.97 Å². The summed E-state index contributed by atoms with van der Waals surface area (Å²) in [7, 11) is 0. The highest BCUT2D eigenvalue weighted by Gasteiger charge is 2.02. The standard InChI is InChI=1S/C17H31BrO3/c1-2-3-4-5-6-9-14-20-15-10-7-12-17(19)21-16-11-8-13-18/h3-4H,2,5-16H2,1H3/b4-3-. The zero-order valence-corrected chi connectivity index (χ0v) is 15.0. The zero-order chi connectivity index (χ0) is 15.6. The van der Waals surface area contributed by atoms with Gasteiger partial charge in [0, 0.05) is 25.0 Å². The van der Waals surface area contributed by atoms with Crippen LogP contribution in [0.1, 0.15) is 64.7 Å². The maximum atomic E-state index is 11.4. The van der Waals surface area contributed by atoms with Crippen LogP contribution >= 0.6 is 15.9 Å². The summed E-state index contributed by atoms with van der Waals surface area (Å²) in [5.41, 5.74) is 0. The maximum absolute atomic E-state index is 11.4. The first kappa shape index (κ1) is 20.6. The third-order valence-corrected chi connectivity index (χ3v) is 3.58. The first-order valence-corrected chi connectivity index (χ1v) is 9.37. The number of unbranched alkanes of at least 4 members (excludes halogenated alkanes) is 4. The van der Waals surface area contributed by atoms with E-state index in [0.29, 0.717) is 13.0 Å². The van der Waals surface area contributed by atoms with Gasteiger partial charge in [0.1, 0.15) is 0 Å². The average molecular weight is 363 g/mol. The number of alkyl halides is 1. The van der Waals surface area contributed by atoms with E-state index in [1.54, 1.807) is 0 Å². The van der Waals surface area contributed by atoms with Crippen LogP contribution in [0.5, 0.6) is 0 Å². The molecule has 0 amide bonds. The molecule has 0 saturated carbocycles. The molecule has 0 saturated heterocycles. The fraction of sp³-hybridized carbons (Fsp3) is 0.824. The normalized spacial score (nSPS) is 11.1. The number of carbonyl (C=O) groups excluding carboxylic acids is 1. The Hall–Kier alpha value is -0.350. The van der Waals surface area contributed by atoms with E-state index < -0.39 is 0 Å². The maximum Gasteiger partial charge on any atom is 0.305 e. The van der Waals surface area contributed by atoms with Crippen molar-refractivity contribution in [3.63, 3.8) is 0 Å². The van der Waals surface area contributed by atoms with E-state index in [9.17, 15) is 4.79 Å². The summed E-state index contributed by atoms with van der Waals surface area (Å²) in [4.78, 5) is 11.4. The van der Waals surface area contributed by atoms with Gasteiger partial charge in [0.15, 0.2) is 0 Å². The predicted octanol–water partition coefficient (Wildman–Crippen LogP) is 5.03. The number of hydrogen-bond donors (Lipinski definition) is 0. The van der Waals surface area contributed by atoms with Crippen molar-refractivity contribution in [2.75, 3.05) is 25.2 Å². The highest BCUT2D eigenvalue weighted by Crippen LogP contribution is 2.02. The molecule has 0 bridgehead atoms. The first-order chi connectivity index (χ1) is 10.3. The Morgan fingerprint density at radius 3 is 2.38 bits per heavy atom. The van der Waals surface area contributed by atoms with Gasteiger partial charge in [-0.05, 0) is 51.4 Å². The lowest BCUT2D eigenvalue weighted by Crippen LogP contribution is -2.06. The van der Waals surface area contributed by atoms with Gasteiger partial charge in [0.25, 0.3) is 0 Å². The minimum atomic E-state index is -0.0766. The van der Waals surface area contributed by atoms with Gasteiger partial charge < -0.3 is 9.47 Å². The second kappa shape index (κ2) is 17.7. The largest absolute Gasteiger partial charge is 0.466 e. The minimum absolute atomic E-state index is 0.0766. The summed E-state index contributed by atoms with van der Waals surface area (Å²) in [5.74, 6) is -0.0766. The molecule has 0 aliphatic rings. The van der Waals surface area contributed by atoms with Crippen LogP contribution in [0.15, 0.2) is 12.2 Å². The average Bonchev–Trinajstić information content (AvgIpc) is 2.49. The molecule has 21 heavy (non-hydrogen) atoms. The van der Waals surface area contributed by atoms with Gasteiger partial charge in [-0.1, -0.05) is 35.0 Å². The van der Waals surface area contributed by atoms with Crippen LogP contribution in [0.25, 0.3) is 0 Å². The topological polar surface area (TPSA) is 35.5 Å². The van der Waals surface area contributed by atoms with Crippen molar-refractivity contribution in [1.29, 1.82) is 0 Å². The summed E-state index contributed by atoms with van der Waals surface area (Å²) in [6.45, 7) is 4.28. The SMILES string of the molecule is CC/C=C\CCCCOCCCCC(=O)OCCCCBr. The molecule has 0 aromatic rings. The van der Waals surface area contributed by atoms with Crippen molar-refractivity contribution < 1.29 is 14.3 Å². The molecule has 0 aromatic carbocycles. The smallest absolute Gasteiger partial charge is 0.305 e. The van der Waals surface area contributed by atoms with Gasteiger partial charge in [-0.3, -0.25) is 4.79 Å². The van der Waals surface area contributed by atoms with Crippen LogP contribution in [0, 0.1) is 0 Å². The molecule has 124 valence electrons. The molecule has 3 nitrogen and oxygen atoms in total. The van der Waals surface area contributed by atoms with Crippen LogP contribution in [-0.4, -0.2) is 31.1 Å². The third-order valence-electron chi connectivity index (χ3n) is 3.02. The zero-order valence-electron chi connectivity index (χ0n) is 13.4. The van der Waals surface area contributed by atoms with Gasteiger partial charge in [-0.15, -0.1) is 0 Å². The van der Waals surface area contributed by atoms with Crippen LogP contribution in [0.3, 0.4) is 0 Å². The van der Waals surface area contributed by atoms with E-state index in [4.69, 9.17) is 9.47 Å². The Kier molecular flexibility index (Phi) is 17.4. The van der Waals surface area contributed by atoms with E-state index in [1.807, 2.05) is 0 Å². The predicted molar refractivity (Wildman–Crippen MR) is 91.9 cm³/mol. The lowest BCUT2D eigenvalue weighted by Gasteiger charge is -2.05. The summed E-state index contributed by atoms with van der Waals surface area (Å²) in [6.07, 6.45) is 13.3. The number of carbonyl (C=O) groups is 1. The van der Waals surface area contributed by atoms with Crippen LogP contribution in [0.4, 0.5) is 0 Å². The van der Waals surface area contributed by atoms with Crippen LogP contribution < -0.4 is 0 Å². The van der Waals surface area contributed by atoms with Crippen LogP contribution in [-0.2, 0) is 14.3 Å². The molecular weight excluding hydrogens is 332 g/mol. The lowest BCUT2D eigenvalue weighted by atomic mass is 10.2. The van der Waals surface area contributed by atoms with E-state index in [2.05, 4.69) is 35.0 Å². The number of allylic oxidation sites excluding steroid dienone is 2. The van der Waals surface area contributed by atoms with E-state index in [1.165, 1.54) is 6.42 Å². The Morgan fingerprint density at radius 2 is 1.67 bits per heavy atom.